The van der Waals surface area contributed by atoms with Crippen molar-refractivity contribution >= 4 is 51.3 Å². The van der Waals surface area contributed by atoms with Crippen LogP contribution >= 0.6 is 34.4 Å². The third kappa shape index (κ3) is 1.76. The van der Waals surface area contributed by atoms with Crippen molar-refractivity contribution in [2.75, 3.05) is 11.5 Å². The lowest BCUT2D eigenvalue weighted by atomic mass is 10.2. The van der Waals surface area contributed by atoms with E-state index in [1.165, 1.54) is 18.1 Å². The number of anilines is 1. The summed E-state index contributed by atoms with van der Waals surface area (Å²) in [4.78, 5) is 12.4. The fraction of sp³-hybridized carbons (Fsp3) is 0.444. The van der Waals surface area contributed by atoms with Gasteiger partial charge in [0.05, 0.1) is 6.10 Å². The normalized spacial score (nSPS) is 28.1. The number of nitrogen functional groups attached to an aromatic ring is 1. The van der Waals surface area contributed by atoms with Crippen LogP contribution in [0.2, 0.25) is 0 Å². The number of fused-ring (bicyclic) bond motifs is 1. The fourth-order valence-electron chi connectivity index (χ4n) is 1.94. The Morgan fingerprint density at radius 2 is 2.22 bits per heavy atom. The number of hydrogen-bond acceptors (Lipinski definition) is 7. The molecule has 7 nitrogen and oxygen atoms in total. The topological polar surface area (TPSA) is 110 Å². The van der Waals surface area contributed by atoms with E-state index in [2.05, 4.69) is 37.5 Å². The van der Waals surface area contributed by atoms with Gasteiger partial charge in [-0.2, -0.15) is 0 Å². The monoisotopic (exact) mass is 379 g/mol. The molecule has 1 aliphatic heterocycles. The molecule has 2 aromatic heterocycles. The van der Waals surface area contributed by atoms with Crippen LogP contribution in [0.15, 0.2) is 6.33 Å². The van der Waals surface area contributed by atoms with Crippen molar-refractivity contribution in [3.05, 3.63) is 10.2 Å². The number of nitrogens with zero attached hydrogens (tertiary/aromatic N) is 4. The second kappa shape index (κ2) is 4.47. The summed E-state index contributed by atoms with van der Waals surface area (Å²) in [5.41, 5.74) is 6.86. The molecule has 18 heavy (non-hydrogen) atoms. The third-order valence-corrected chi connectivity index (χ3v) is 4.97. The molecule has 3 atom stereocenters. The summed E-state index contributed by atoms with van der Waals surface area (Å²) in [5, 5.41) is 19.3. The molecule has 0 amide bonds. The van der Waals surface area contributed by atoms with Crippen LogP contribution in [0.4, 0.5) is 5.82 Å². The highest BCUT2D eigenvalue weighted by atomic mass is 127. The van der Waals surface area contributed by atoms with Gasteiger partial charge in [0.2, 0.25) is 0 Å². The predicted molar refractivity (Wildman–Crippen MR) is 76.0 cm³/mol. The maximum absolute atomic E-state index is 9.99. The van der Waals surface area contributed by atoms with Crippen molar-refractivity contribution in [1.29, 1.82) is 0 Å². The van der Waals surface area contributed by atoms with E-state index < -0.39 is 12.2 Å². The van der Waals surface area contributed by atoms with Gasteiger partial charge in [-0.1, -0.05) is 0 Å². The van der Waals surface area contributed by atoms with Crippen LogP contribution in [-0.2, 0) is 0 Å². The molecule has 1 fully saturated rings. The van der Waals surface area contributed by atoms with Crippen LogP contribution in [0.25, 0.3) is 11.2 Å². The Kier molecular flexibility index (Phi) is 3.08. The summed E-state index contributed by atoms with van der Waals surface area (Å²) in [5.74, 6) is 0.803. The zero-order valence-electron chi connectivity index (χ0n) is 9.06. The molecule has 2 aromatic rings. The van der Waals surface area contributed by atoms with Crippen molar-refractivity contribution in [1.82, 2.24) is 19.5 Å². The molecule has 0 unspecified atom stereocenters. The Morgan fingerprint density at radius 3 is 2.89 bits per heavy atom. The number of aliphatic hydroxyl groups is 2. The SMILES string of the molecule is Nc1ncnc2c1nc(I)n2[C@@H]1SC[C@@H](O)[C@H]1O. The average molecular weight is 379 g/mol. The van der Waals surface area contributed by atoms with Gasteiger partial charge < -0.3 is 15.9 Å². The molecule has 0 bridgehead atoms. The molecule has 9 heteroatoms. The minimum absolute atomic E-state index is 0.300. The first kappa shape index (κ1) is 12.4. The van der Waals surface area contributed by atoms with Gasteiger partial charge in [-0.25, -0.2) is 15.0 Å². The standard InChI is InChI=1S/C9H10IN5O2S/c10-9-14-4-6(11)12-2-13-7(4)15(9)8-5(17)3(16)1-18-8/h2-3,5,8,16-17H,1H2,(H2,11,12,13)/t3-,5-,8-/m1/s1. The largest absolute Gasteiger partial charge is 0.389 e. The van der Waals surface area contributed by atoms with Gasteiger partial charge in [-0.15, -0.1) is 11.8 Å². The van der Waals surface area contributed by atoms with Crippen LogP contribution < -0.4 is 5.73 Å². The zero-order valence-corrected chi connectivity index (χ0v) is 12.0. The molecule has 3 heterocycles. The maximum atomic E-state index is 9.99. The molecule has 0 radical (unpaired) electrons. The first-order valence-electron chi connectivity index (χ1n) is 5.21. The summed E-state index contributed by atoms with van der Waals surface area (Å²) in [6.07, 6.45) is -0.196. The van der Waals surface area contributed by atoms with E-state index in [9.17, 15) is 10.2 Å². The minimum atomic E-state index is -0.836. The second-order valence-electron chi connectivity index (χ2n) is 3.96. The highest BCUT2D eigenvalue weighted by Crippen LogP contribution is 2.39. The van der Waals surface area contributed by atoms with Gasteiger partial charge in [0.1, 0.15) is 17.8 Å². The lowest BCUT2D eigenvalue weighted by Gasteiger charge is -2.18. The molecule has 1 saturated heterocycles. The predicted octanol–water partition coefficient (Wildman–Crippen LogP) is -0.0197. The lowest BCUT2D eigenvalue weighted by Crippen LogP contribution is -2.28. The summed E-state index contributed by atoms with van der Waals surface area (Å²) < 4.78 is 2.46. The maximum Gasteiger partial charge on any atom is 0.174 e. The highest BCUT2D eigenvalue weighted by Gasteiger charge is 2.37. The van der Waals surface area contributed by atoms with Crippen molar-refractivity contribution in [3.63, 3.8) is 0 Å². The van der Waals surface area contributed by atoms with Gasteiger partial charge in [0.25, 0.3) is 0 Å². The van der Waals surface area contributed by atoms with E-state index in [4.69, 9.17) is 5.73 Å². The molecule has 1 aliphatic rings. The van der Waals surface area contributed by atoms with E-state index in [1.54, 1.807) is 4.57 Å². The van der Waals surface area contributed by atoms with E-state index in [-0.39, 0.29) is 5.37 Å². The number of imidazole rings is 1. The first-order valence-corrected chi connectivity index (χ1v) is 7.34. The average Bonchev–Trinajstić information content (AvgIpc) is 2.83. The summed E-state index contributed by atoms with van der Waals surface area (Å²) in [7, 11) is 0. The Labute approximate surface area is 120 Å². The number of rotatable bonds is 1. The van der Waals surface area contributed by atoms with Crippen LogP contribution in [0.5, 0.6) is 0 Å². The van der Waals surface area contributed by atoms with Crippen LogP contribution in [0, 0.1) is 3.83 Å². The Bertz CT molecular complexity index is 606. The Morgan fingerprint density at radius 1 is 1.44 bits per heavy atom. The molecule has 96 valence electrons. The highest BCUT2D eigenvalue weighted by molar-refractivity contribution is 14.1. The number of halogens is 1. The molecular weight excluding hydrogens is 369 g/mol. The molecule has 0 spiro atoms. The van der Waals surface area contributed by atoms with Gasteiger partial charge in [0.15, 0.2) is 20.8 Å². The first-order chi connectivity index (χ1) is 8.59. The molecule has 0 aromatic carbocycles. The Balaban J connectivity index is 2.17. The van der Waals surface area contributed by atoms with Crippen molar-refractivity contribution in [2.24, 2.45) is 0 Å². The van der Waals surface area contributed by atoms with Crippen LogP contribution in [-0.4, -0.2) is 47.7 Å². The summed E-state index contributed by atoms with van der Waals surface area (Å²) in [6.45, 7) is 0. The minimum Gasteiger partial charge on any atom is -0.389 e. The van der Waals surface area contributed by atoms with Crippen molar-refractivity contribution in [2.45, 2.75) is 17.6 Å². The number of hydrogen-bond donors (Lipinski definition) is 3. The number of aromatic nitrogens is 4. The third-order valence-electron chi connectivity index (χ3n) is 2.84. The number of aliphatic hydroxyl groups excluding tert-OH is 2. The molecule has 4 N–H and O–H groups in total. The van der Waals surface area contributed by atoms with Gasteiger partial charge in [-0.05, 0) is 0 Å². The lowest BCUT2D eigenvalue weighted by molar-refractivity contribution is 0.0309. The van der Waals surface area contributed by atoms with Gasteiger partial charge in [-0.3, -0.25) is 4.57 Å². The van der Waals surface area contributed by atoms with Gasteiger partial charge >= 0.3 is 0 Å². The van der Waals surface area contributed by atoms with E-state index in [0.29, 0.717) is 26.6 Å². The Hall–Kier alpha value is -0.650. The second-order valence-corrected chi connectivity index (χ2v) is 6.08. The quantitative estimate of drug-likeness (QED) is 0.472. The van der Waals surface area contributed by atoms with Crippen LogP contribution in [0.1, 0.15) is 5.37 Å². The van der Waals surface area contributed by atoms with E-state index >= 15 is 0 Å². The molecule has 3 rings (SSSR count). The number of thioether (sulfide) groups is 1. The van der Waals surface area contributed by atoms with E-state index in [1.807, 2.05) is 0 Å². The van der Waals surface area contributed by atoms with Crippen molar-refractivity contribution in [3.8, 4) is 0 Å². The summed E-state index contributed by atoms with van der Waals surface area (Å²) >= 11 is 3.53. The number of nitrogens with two attached hydrogens (primary N) is 1. The van der Waals surface area contributed by atoms with Crippen molar-refractivity contribution < 1.29 is 10.2 Å². The molecule has 0 saturated carbocycles. The van der Waals surface area contributed by atoms with E-state index in [0.717, 1.165) is 0 Å². The fourth-order valence-corrected chi connectivity index (χ4v) is 4.21. The summed E-state index contributed by atoms with van der Waals surface area (Å²) in [6, 6.07) is 0. The van der Waals surface area contributed by atoms with Gasteiger partial charge in [0, 0.05) is 28.3 Å². The smallest absolute Gasteiger partial charge is 0.174 e. The molecule has 0 aliphatic carbocycles. The zero-order chi connectivity index (χ0) is 12.9. The molecular formula is C9H10IN5O2S. The van der Waals surface area contributed by atoms with Crippen LogP contribution in [0.3, 0.4) is 0 Å².